The molecule has 0 bridgehead atoms. The van der Waals surface area contributed by atoms with E-state index in [1.54, 1.807) is 0 Å². The van der Waals surface area contributed by atoms with Crippen LogP contribution in [0, 0.1) is 0 Å². The average molecular weight is 657 g/mol. The Balaban J connectivity index is 1.39. The molecule has 0 amide bonds. The van der Waals surface area contributed by atoms with Crippen molar-refractivity contribution in [3.63, 3.8) is 0 Å². The Morgan fingerprint density at radius 3 is 2.06 bits per heavy atom. The SMILES string of the molecule is CC1(C)c2ccccc2-c2c1c(C1=c3\cccc\c3=C(c3ccc4ccccc4c3)\C=C\CC\C=C\1)cc1c2ccc2c3ccccc3sc12. The van der Waals surface area contributed by atoms with E-state index in [1.165, 1.54) is 96.7 Å². The van der Waals surface area contributed by atoms with Crippen molar-refractivity contribution >= 4 is 64.2 Å². The van der Waals surface area contributed by atoms with Gasteiger partial charge in [0.1, 0.15) is 0 Å². The highest BCUT2D eigenvalue weighted by Crippen LogP contribution is 2.55. The minimum Gasteiger partial charge on any atom is -0.135 e. The Labute approximate surface area is 296 Å². The lowest BCUT2D eigenvalue weighted by Crippen LogP contribution is -2.30. The maximum Gasteiger partial charge on any atom is 0.0434 e. The fourth-order valence-electron chi connectivity index (χ4n) is 8.75. The lowest BCUT2D eigenvalue weighted by atomic mass is 9.77. The molecule has 0 fully saturated rings. The maximum absolute atomic E-state index is 2.55. The number of allylic oxidation sites excluding steroid dienone is 4. The molecule has 0 radical (unpaired) electrons. The zero-order valence-electron chi connectivity index (χ0n) is 28.3. The van der Waals surface area contributed by atoms with Crippen LogP contribution in [0.15, 0.2) is 158 Å². The highest BCUT2D eigenvalue weighted by atomic mass is 32.1. The summed E-state index contributed by atoms with van der Waals surface area (Å²) in [6.07, 6.45) is 11.5. The van der Waals surface area contributed by atoms with Crippen LogP contribution in [0.25, 0.3) is 64.0 Å². The summed E-state index contributed by atoms with van der Waals surface area (Å²) in [5, 5.41) is 10.5. The highest BCUT2D eigenvalue weighted by Gasteiger charge is 2.39. The third-order valence-corrected chi connectivity index (χ3v) is 12.3. The summed E-state index contributed by atoms with van der Waals surface area (Å²) >= 11 is 1.93. The van der Waals surface area contributed by atoms with Gasteiger partial charge in [-0.3, -0.25) is 0 Å². The van der Waals surface area contributed by atoms with Crippen LogP contribution in [0.5, 0.6) is 0 Å². The summed E-state index contributed by atoms with van der Waals surface area (Å²) in [5.74, 6) is 0. The van der Waals surface area contributed by atoms with Gasteiger partial charge >= 0.3 is 0 Å². The Bertz CT molecular complexity index is 2890. The summed E-state index contributed by atoms with van der Waals surface area (Å²) in [6.45, 7) is 4.85. The minimum absolute atomic E-state index is 0.166. The molecule has 1 heteroatoms. The molecular weight excluding hydrogens is 621 g/mol. The second-order valence-electron chi connectivity index (χ2n) is 14.3. The standard InChI is InChI=1S/C49H36S/c1-49(2)44-23-13-11-22-41(44)46-39-27-28-40-38-21-12-14-24-45(38)50-48(40)43(39)30-42(47(46)49)37-18-6-4-3-5-17-34(35-19-9-10-20-36(35)37)33-26-25-31-15-7-8-16-32(31)29-33/h5-30H,3-4H2,1-2H3/b17-5+,18-6+,35-34+,37-36+. The first-order chi connectivity index (χ1) is 24.6. The lowest BCUT2D eigenvalue weighted by molar-refractivity contribution is 0.659. The quantitative estimate of drug-likeness (QED) is 0.174. The van der Waals surface area contributed by atoms with Crippen LogP contribution in [0.2, 0.25) is 0 Å². The lowest BCUT2D eigenvalue weighted by Gasteiger charge is -2.26. The molecule has 238 valence electrons. The topological polar surface area (TPSA) is 0 Å². The molecule has 0 spiro atoms. The van der Waals surface area contributed by atoms with Crippen LogP contribution in [-0.4, -0.2) is 0 Å². The molecular formula is C49H36S. The molecule has 0 atom stereocenters. The van der Waals surface area contributed by atoms with Crippen LogP contribution in [0.4, 0.5) is 0 Å². The van der Waals surface area contributed by atoms with E-state index in [1.807, 2.05) is 11.3 Å². The van der Waals surface area contributed by atoms with E-state index in [2.05, 4.69) is 172 Å². The van der Waals surface area contributed by atoms with Crippen molar-refractivity contribution in [1.29, 1.82) is 0 Å². The molecule has 2 aliphatic rings. The van der Waals surface area contributed by atoms with E-state index < -0.39 is 0 Å². The molecule has 8 aromatic rings. The van der Waals surface area contributed by atoms with Crippen molar-refractivity contribution in [3.8, 4) is 11.1 Å². The largest absolute Gasteiger partial charge is 0.135 e. The minimum atomic E-state index is -0.166. The van der Waals surface area contributed by atoms with Crippen molar-refractivity contribution in [2.45, 2.75) is 32.1 Å². The molecule has 1 aromatic heterocycles. The molecule has 1 heterocycles. The third-order valence-electron chi connectivity index (χ3n) is 11.1. The van der Waals surface area contributed by atoms with Crippen molar-refractivity contribution in [3.05, 3.63) is 190 Å². The predicted molar refractivity (Wildman–Crippen MR) is 217 cm³/mol. The zero-order valence-corrected chi connectivity index (χ0v) is 29.2. The highest BCUT2D eigenvalue weighted by molar-refractivity contribution is 7.26. The van der Waals surface area contributed by atoms with Crippen LogP contribution >= 0.6 is 11.3 Å². The predicted octanol–water partition coefficient (Wildman–Crippen LogP) is 12.0. The summed E-state index contributed by atoms with van der Waals surface area (Å²) in [5.41, 5.74) is 10.6. The number of thiophene rings is 1. The molecule has 0 saturated carbocycles. The van der Waals surface area contributed by atoms with Crippen molar-refractivity contribution in [1.82, 2.24) is 0 Å². The molecule has 10 rings (SSSR count). The molecule has 0 saturated heterocycles. The van der Waals surface area contributed by atoms with Gasteiger partial charge in [-0.15, -0.1) is 11.3 Å². The number of rotatable bonds is 2. The smallest absolute Gasteiger partial charge is 0.0434 e. The van der Waals surface area contributed by atoms with E-state index in [9.17, 15) is 0 Å². The van der Waals surface area contributed by atoms with Gasteiger partial charge in [0, 0.05) is 31.0 Å². The maximum atomic E-state index is 2.55. The Morgan fingerprint density at radius 2 is 1.20 bits per heavy atom. The fraction of sp³-hybridized carbons (Fsp3) is 0.102. The summed E-state index contributed by atoms with van der Waals surface area (Å²) in [6, 6.07) is 50.0. The van der Waals surface area contributed by atoms with Crippen LogP contribution in [-0.2, 0) is 5.41 Å². The summed E-state index contributed by atoms with van der Waals surface area (Å²) < 4.78 is 2.72. The van der Waals surface area contributed by atoms with Gasteiger partial charge < -0.3 is 0 Å². The molecule has 0 unspecified atom stereocenters. The van der Waals surface area contributed by atoms with Crippen LogP contribution in [0.3, 0.4) is 0 Å². The number of fused-ring (bicyclic) bond motifs is 11. The molecule has 0 N–H and O–H groups in total. The third kappa shape index (κ3) is 4.36. The first-order valence-electron chi connectivity index (χ1n) is 17.8. The van der Waals surface area contributed by atoms with Gasteiger partial charge in [-0.2, -0.15) is 0 Å². The molecule has 7 aromatic carbocycles. The van der Waals surface area contributed by atoms with Crippen molar-refractivity contribution < 1.29 is 0 Å². The summed E-state index contributed by atoms with van der Waals surface area (Å²) in [4.78, 5) is 0. The van der Waals surface area contributed by atoms with E-state index in [4.69, 9.17) is 0 Å². The molecule has 2 aliphatic carbocycles. The van der Waals surface area contributed by atoms with Gasteiger partial charge in [-0.25, -0.2) is 0 Å². The fourth-order valence-corrected chi connectivity index (χ4v) is 9.97. The molecule has 0 aliphatic heterocycles. The van der Waals surface area contributed by atoms with Gasteiger partial charge in [-0.05, 0) is 102 Å². The van der Waals surface area contributed by atoms with Crippen LogP contribution in [0.1, 0.15) is 48.9 Å². The summed E-state index contributed by atoms with van der Waals surface area (Å²) in [7, 11) is 0. The van der Waals surface area contributed by atoms with Gasteiger partial charge in [0.25, 0.3) is 0 Å². The van der Waals surface area contributed by atoms with Gasteiger partial charge in [0.2, 0.25) is 0 Å². The van der Waals surface area contributed by atoms with Crippen LogP contribution < -0.4 is 10.4 Å². The zero-order chi connectivity index (χ0) is 33.4. The second-order valence-corrected chi connectivity index (χ2v) is 15.3. The van der Waals surface area contributed by atoms with Gasteiger partial charge in [-0.1, -0.05) is 153 Å². The van der Waals surface area contributed by atoms with Gasteiger partial charge in [0.05, 0.1) is 0 Å². The second kappa shape index (κ2) is 11.3. The van der Waals surface area contributed by atoms with E-state index in [0.717, 1.165) is 12.8 Å². The van der Waals surface area contributed by atoms with Crippen molar-refractivity contribution in [2.24, 2.45) is 0 Å². The number of hydrogen-bond acceptors (Lipinski definition) is 1. The molecule has 50 heavy (non-hydrogen) atoms. The normalized spacial score (nSPS) is 18.6. The number of hydrogen-bond donors (Lipinski definition) is 0. The van der Waals surface area contributed by atoms with E-state index in [-0.39, 0.29) is 5.41 Å². The Hall–Kier alpha value is -5.50. The monoisotopic (exact) mass is 656 g/mol. The first-order valence-corrected chi connectivity index (χ1v) is 18.6. The van der Waals surface area contributed by atoms with E-state index >= 15 is 0 Å². The average Bonchev–Trinajstić information content (AvgIpc) is 3.66. The Morgan fingerprint density at radius 1 is 0.520 bits per heavy atom. The van der Waals surface area contributed by atoms with E-state index in [0.29, 0.717) is 0 Å². The number of benzene rings is 7. The molecule has 0 nitrogen and oxygen atoms in total. The Kier molecular flexibility index (Phi) is 6.63. The first kappa shape index (κ1) is 29.4. The van der Waals surface area contributed by atoms with Gasteiger partial charge in [0.15, 0.2) is 0 Å². The van der Waals surface area contributed by atoms with Crippen molar-refractivity contribution in [2.75, 3.05) is 0 Å².